The molecule has 2 unspecified atom stereocenters. The van der Waals surface area contributed by atoms with Crippen LogP contribution in [0.25, 0.3) is 0 Å². The molecule has 1 rings (SSSR count). The van der Waals surface area contributed by atoms with Gasteiger partial charge < -0.3 is 4.74 Å². The van der Waals surface area contributed by atoms with Crippen molar-refractivity contribution in [2.24, 2.45) is 11.8 Å². The molecule has 0 saturated heterocycles. The van der Waals surface area contributed by atoms with Gasteiger partial charge in [-0.15, -0.1) is 0 Å². The number of hydrogen-bond donors (Lipinski definition) is 0. The van der Waals surface area contributed by atoms with Gasteiger partial charge in [0.15, 0.2) is 0 Å². The van der Waals surface area contributed by atoms with Gasteiger partial charge in [-0.25, -0.2) is 0 Å². The number of carbonyl (C=O) groups is 1. The maximum Gasteiger partial charge on any atom is 0.538 e. The first-order chi connectivity index (χ1) is 5.65. The van der Waals surface area contributed by atoms with Crippen LogP contribution in [0.5, 0.6) is 0 Å². The van der Waals surface area contributed by atoms with Gasteiger partial charge in [-0.2, -0.15) is 0 Å². The van der Waals surface area contributed by atoms with E-state index < -0.39 is 7.27 Å². The molecule has 68 valence electrons. The summed E-state index contributed by atoms with van der Waals surface area (Å²) < 4.78 is 28.3. The van der Waals surface area contributed by atoms with Crippen molar-refractivity contribution in [1.82, 2.24) is 0 Å². The summed E-state index contributed by atoms with van der Waals surface area (Å²) >= 11 is 0. The first-order valence-corrected chi connectivity index (χ1v) is 4.10. The van der Waals surface area contributed by atoms with Crippen LogP contribution in [0.15, 0.2) is 0 Å². The van der Waals surface area contributed by atoms with Crippen molar-refractivity contribution in [2.75, 3.05) is 6.61 Å². The number of carbonyl (C=O) groups excluding carboxylic acids is 1. The van der Waals surface area contributed by atoms with Crippen molar-refractivity contribution in [3.8, 4) is 0 Å². The maximum atomic E-state index is 11.8. The van der Waals surface area contributed by atoms with Crippen LogP contribution in [0.4, 0.5) is 8.63 Å². The van der Waals surface area contributed by atoms with Gasteiger partial charge in [0.05, 0.1) is 12.5 Å². The van der Waals surface area contributed by atoms with Gasteiger partial charge in [0.25, 0.3) is 0 Å². The molecule has 1 saturated carbocycles. The predicted molar refractivity (Wildman–Crippen MR) is 41.0 cm³/mol. The summed E-state index contributed by atoms with van der Waals surface area (Å²) in [6, 6.07) is 0. The van der Waals surface area contributed by atoms with Crippen LogP contribution in [0.1, 0.15) is 13.3 Å². The van der Waals surface area contributed by atoms with Gasteiger partial charge >= 0.3 is 13.2 Å². The summed E-state index contributed by atoms with van der Waals surface area (Å²) in [6.07, 6.45) is 0.409. The summed E-state index contributed by atoms with van der Waals surface area (Å²) in [5.74, 6) is -0.703. The Morgan fingerprint density at radius 3 is 2.83 bits per heavy atom. The van der Waals surface area contributed by atoms with Crippen LogP contribution in [0, 0.1) is 11.8 Å². The molecule has 0 aliphatic heterocycles. The van der Waals surface area contributed by atoms with E-state index in [4.69, 9.17) is 4.74 Å². The zero-order chi connectivity index (χ0) is 9.14. The average molecular weight is 176 g/mol. The molecule has 12 heavy (non-hydrogen) atoms. The second-order valence-corrected chi connectivity index (χ2v) is 2.98. The van der Waals surface area contributed by atoms with Gasteiger partial charge in [-0.1, -0.05) is 0 Å². The van der Waals surface area contributed by atoms with Crippen molar-refractivity contribution < 1.29 is 18.2 Å². The first kappa shape index (κ1) is 9.48. The fourth-order valence-electron chi connectivity index (χ4n) is 1.27. The second kappa shape index (κ2) is 3.87. The van der Waals surface area contributed by atoms with Crippen LogP contribution in [0.3, 0.4) is 0 Å². The fourth-order valence-corrected chi connectivity index (χ4v) is 1.27. The van der Waals surface area contributed by atoms with E-state index in [1.165, 1.54) is 0 Å². The molecule has 0 N–H and O–H groups in total. The Morgan fingerprint density at radius 2 is 2.33 bits per heavy atom. The molecule has 0 aromatic carbocycles. The van der Waals surface area contributed by atoms with Crippen LogP contribution in [0.2, 0.25) is 6.32 Å². The van der Waals surface area contributed by atoms with Crippen LogP contribution in [-0.2, 0) is 9.53 Å². The summed E-state index contributed by atoms with van der Waals surface area (Å²) in [5.41, 5.74) is 0. The van der Waals surface area contributed by atoms with E-state index in [1.807, 2.05) is 0 Å². The Kier molecular flexibility index (Phi) is 3.06. The highest BCUT2D eigenvalue weighted by Crippen LogP contribution is 2.43. The van der Waals surface area contributed by atoms with Crippen LogP contribution in [-0.4, -0.2) is 19.8 Å². The van der Waals surface area contributed by atoms with Crippen molar-refractivity contribution in [3.05, 3.63) is 0 Å². The molecule has 1 fully saturated rings. The first-order valence-electron chi connectivity index (χ1n) is 4.10. The van der Waals surface area contributed by atoms with Crippen molar-refractivity contribution in [2.45, 2.75) is 19.7 Å². The Labute approximate surface area is 70.5 Å². The quantitative estimate of drug-likeness (QED) is 0.480. The molecule has 0 amide bonds. The largest absolute Gasteiger partial charge is 0.538 e. The Balaban J connectivity index is 2.18. The lowest BCUT2D eigenvalue weighted by Crippen LogP contribution is -2.09. The van der Waals surface area contributed by atoms with Crippen LogP contribution >= 0.6 is 0 Å². The summed E-state index contributed by atoms with van der Waals surface area (Å²) in [6.45, 7) is 2.04. The summed E-state index contributed by atoms with van der Waals surface area (Å²) in [5, 5.41) is 0. The van der Waals surface area contributed by atoms with E-state index in [1.54, 1.807) is 6.92 Å². The molecule has 0 radical (unpaired) electrons. The molecule has 0 spiro atoms. The topological polar surface area (TPSA) is 26.3 Å². The normalized spacial score (nSPS) is 26.6. The van der Waals surface area contributed by atoms with Gasteiger partial charge in [-0.05, 0) is 25.6 Å². The average Bonchev–Trinajstić information content (AvgIpc) is 2.67. The van der Waals surface area contributed by atoms with Crippen molar-refractivity contribution in [1.29, 1.82) is 0 Å². The molecule has 2 atom stereocenters. The maximum absolute atomic E-state index is 11.8. The molecular formula is C7H11BF2O2. The minimum absolute atomic E-state index is 0.135. The van der Waals surface area contributed by atoms with Gasteiger partial charge in [0.2, 0.25) is 0 Å². The molecule has 0 heterocycles. The summed E-state index contributed by atoms with van der Waals surface area (Å²) in [4.78, 5) is 10.9. The van der Waals surface area contributed by atoms with Crippen molar-refractivity contribution in [3.63, 3.8) is 0 Å². The van der Waals surface area contributed by atoms with E-state index in [2.05, 4.69) is 0 Å². The predicted octanol–water partition coefficient (Wildman–Crippen LogP) is 1.61. The van der Waals surface area contributed by atoms with E-state index >= 15 is 0 Å². The third kappa shape index (κ3) is 2.46. The van der Waals surface area contributed by atoms with Gasteiger partial charge in [-0.3, -0.25) is 13.4 Å². The third-order valence-corrected chi connectivity index (χ3v) is 1.99. The number of halogens is 2. The monoisotopic (exact) mass is 176 g/mol. The smallest absolute Gasteiger partial charge is 0.466 e. The molecule has 1 aliphatic carbocycles. The Hall–Kier alpha value is -0.605. The second-order valence-electron chi connectivity index (χ2n) is 2.98. The van der Waals surface area contributed by atoms with E-state index in [0.29, 0.717) is 13.0 Å². The molecular weight excluding hydrogens is 165 g/mol. The van der Waals surface area contributed by atoms with Crippen LogP contribution < -0.4 is 0 Å². The molecule has 5 heteroatoms. The van der Waals surface area contributed by atoms with E-state index in [0.717, 1.165) is 0 Å². The third-order valence-electron chi connectivity index (χ3n) is 1.99. The minimum atomic E-state index is -2.30. The SMILES string of the molecule is CCOC(=O)C1CC1CB(F)F. The number of hydrogen-bond acceptors (Lipinski definition) is 2. The number of esters is 1. The van der Waals surface area contributed by atoms with E-state index in [9.17, 15) is 13.4 Å². The highest BCUT2D eigenvalue weighted by Gasteiger charge is 2.46. The van der Waals surface area contributed by atoms with Gasteiger partial charge in [0, 0.05) is 0 Å². The van der Waals surface area contributed by atoms with Crippen molar-refractivity contribution >= 4 is 13.2 Å². The van der Waals surface area contributed by atoms with Gasteiger partial charge in [0.1, 0.15) is 0 Å². The molecule has 0 bridgehead atoms. The zero-order valence-corrected chi connectivity index (χ0v) is 6.93. The lowest BCUT2D eigenvalue weighted by Gasteiger charge is -1.98. The fraction of sp³-hybridized carbons (Fsp3) is 0.857. The number of ether oxygens (including phenoxy) is 1. The summed E-state index contributed by atoms with van der Waals surface area (Å²) in [7, 11) is -2.30. The molecule has 2 nitrogen and oxygen atoms in total. The highest BCUT2D eigenvalue weighted by atomic mass is 19.2. The minimum Gasteiger partial charge on any atom is -0.466 e. The van der Waals surface area contributed by atoms with E-state index in [-0.39, 0.29) is 24.1 Å². The Morgan fingerprint density at radius 1 is 1.67 bits per heavy atom. The lowest BCUT2D eigenvalue weighted by atomic mass is 9.89. The lowest BCUT2D eigenvalue weighted by molar-refractivity contribution is -0.144. The molecule has 1 aliphatic rings. The molecule has 0 aromatic heterocycles. The molecule has 0 aromatic rings. The standard InChI is InChI=1S/C7H11BF2O2/c1-2-12-7(11)6-3-5(6)4-8(9)10/h5-6H,2-4H2,1H3. The zero-order valence-electron chi connectivity index (χ0n) is 6.93. The number of rotatable bonds is 4. The highest BCUT2D eigenvalue weighted by molar-refractivity contribution is 6.42. The Bertz CT molecular complexity index is 175.